The molecule has 0 saturated heterocycles. The number of carbonyl (C=O) groups is 1. The van der Waals surface area contributed by atoms with E-state index in [1.165, 1.54) is 92.9 Å². The number of ether oxygens (including phenoxy) is 1. The monoisotopic (exact) mass is 1080 g/mol. The first-order valence-electron chi connectivity index (χ1n) is 32.6. The molecule has 12 rings (SSSR count). The number of alkyl halides is 1. The maximum Gasteiger partial charge on any atom is 0.315 e. The lowest BCUT2D eigenvalue weighted by Gasteiger charge is -2.72. The Morgan fingerprint density at radius 3 is 1.76 bits per heavy atom. The number of hydrogen-bond acceptors (Lipinski definition) is 5. The number of aliphatic hydroxyl groups is 1. The Morgan fingerprint density at radius 1 is 0.633 bits per heavy atom. The van der Waals surface area contributed by atoms with Gasteiger partial charge in [-0.05, 0) is 274 Å². The van der Waals surface area contributed by atoms with Crippen molar-refractivity contribution in [2.45, 2.75) is 235 Å². The van der Waals surface area contributed by atoms with Crippen molar-refractivity contribution in [3.8, 4) is 0 Å². The maximum absolute atomic E-state index is 15.0. The van der Waals surface area contributed by atoms with E-state index < -0.39 is 18.1 Å². The fraction of sp³-hybridized carbons (Fsp3) is 0.767. The van der Waals surface area contributed by atoms with Gasteiger partial charge in [0.05, 0.1) is 11.2 Å². The van der Waals surface area contributed by atoms with Crippen molar-refractivity contribution in [3.05, 3.63) is 95.3 Å². The quantitative estimate of drug-likeness (QED) is 0.160. The van der Waals surface area contributed by atoms with Crippen LogP contribution >= 0.6 is 0 Å². The first-order chi connectivity index (χ1) is 37.1. The summed E-state index contributed by atoms with van der Waals surface area (Å²) in [5.41, 5.74) is 21.4. The van der Waals surface area contributed by atoms with E-state index in [1.807, 2.05) is 30.3 Å². The summed E-state index contributed by atoms with van der Waals surface area (Å²) in [5, 5.41) is 12.3. The largest absolute Gasteiger partial charge is 0.512 e. The third-order valence-electron chi connectivity index (χ3n) is 29.9. The van der Waals surface area contributed by atoms with Gasteiger partial charge in [0.2, 0.25) is 0 Å². The lowest BCUT2D eigenvalue weighted by atomic mass is 9.32. The summed E-state index contributed by atoms with van der Waals surface area (Å²) in [7, 11) is 0. The van der Waals surface area contributed by atoms with E-state index in [0.717, 1.165) is 63.4 Å². The second-order valence-electron chi connectivity index (χ2n) is 32.8. The smallest absolute Gasteiger partial charge is 0.315 e. The van der Waals surface area contributed by atoms with Crippen molar-refractivity contribution < 1.29 is 19.0 Å². The van der Waals surface area contributed by atoms with E-state index in [9.17, 15) is 14.3 Å². The van der Waals surface area contributed by atoms with Crippen molar-refractivity contribution in [2.24, 2.45) is 119 Å². The normalized spacial score (nSPS) is 50.3. The molecular formula is C73H107FN2O3. The van der Waals surface area contributed by atoms with Gasteiger partial charge in [-0.15, -0.1) is 0 Å². The molecule has 8 fully saturated rings. The molecule has 11 aliphatic carbocycles. The second kappa shape index (κ2) is 18.8. The highest BCUT2D eigenvalue weighted by Gasteiger charge is 2.73. The van der Waals surface area contributed by atoms with Crippen molar-refractivity contribution in [1.29, 1.82) is 0 Å². The van der Waals surface area contributed by atoms with Crippen LogP contribution in [0.3, 0.4) is 0 Å². The topological polar surface area (TPSA) is 98.6 Å². The molecule has 1 unspecified atom stereocenters. The van der Waals surface area contributed by atoms with Gasteiger partial charge in [0.25, 0.3) is 0 Å². The van der Waals surface area contributed by atoms with Crippen molar-refractivity contribution in [2.75, 3.05) is 6.67 Å². The van der Waals surface area contributed by atoms with Crippen LogP contribution in [0.5, 0.6) is 0 Å². The average molecular weight is 1080 g/mol. The predicted molar refractivity (Wildman–Crippen MR) is 321 cm³/mol. The number of hydrogen-bond donors (Lipinski definition) is 3. The van der Waals surface area contributed by atoms with Crippen molar-refractivity contribution in [3.63, 3.8) is 0 Å². The number of esters is 1. The average Bonchev–Trinajstić information content (AvgIpc) is 2.54. The molecule has 434 valence electrons. The van der Waals surface area contributed by atoms with Crippen molar-refractivity contribution in [1.82, 2.24) is 0 Å². The number of allylic oxidation sites excluding steroid dienone is 8. The van der Waals surface area contributed by atoms with E-state index in [4.69, 9.17) is 22.8 Å². The first kappa shape index (κ1) is 56.5. The Morgan fingerprint density at radius 2 is 1.19 bits per heavy atom. The summed E-state index contributed by atoms with van der Waals surface area (Å²) in [6.45, 7) is 35.2. The molecule has 5 nitrogen and oxygen atoms in total. The first-order valence-corrected chi connectivity index (χ1v) is 32.6. The molecule has 0 heterocycles. The SMILES string of the molecule is C=C(CCC1(C)C(O)=CC[C@]2(C)[C@H]3CC[C@@H]4[C@H]5[C@H](C(=C)C)CC[C@]5(N)CC[C@@]4(C)[C@]3(C)CC[C@@H]12)[C@@H]1CC[C@]2(N)CC[C@]3(C)[C@H](CC[C@@H]4[C@@]5(C)CC=C(C6=CC[C@@](CF)(C(=O)OCc7ccccc7)CC6)C(C)(C)[C@@H]5CC[C@]43C)[C@@H]12. The zero-order valence-corrected chi connectivity index (χ0v) is 51.3. The summed E-state index contributed by atoms with van der Waals surface area (Å²) in [6, 6.07) is 9.73. The number of fused-ring (bicyclic) bond motifs is 14. The lowest BCUT2D eigenvalue weighted by Crippen LogP contribution is -2.67. The van der Waals surface area contributed by atoms with E-state index in [2.05, 4.69) is 94.0 Å². The molecule has 5 N–H and O–H groups in total. The minimum atomic E-state index is -1.11. The van der Waals surface area contributed by atoms with Crippen LogP contribution in [0, 0.1) is 108 Å². The molecule has 0 radical (unpaired) electrons. The Balaban J connectivity index is 0.745. The highest BCUT2D eigenvalue weighted by atomic mass is 19.1. The van der Waals surface area contributed by atoms with Crippen LogP contribution in [0.1, 0.15) is 222 Å². The molecule has 1 aromatic carbocycles. The molecule has 20 atom stereocenters. The molecule has 79 heavy (non-hydrogen) atoms. The van der Waals surface area contributed by atoms with Gasteiger partial charge in [0, 0.05) is 16.5 Å². The van der Waals surface area contributed by atoms with Gasteiger partial charge < -0.3 is 21.3 Å². The van der Waals surface area contributed by atoms with Gasteiger partial charge in [0.15, 0.2) is 0 Å². The molecule has 0 bridgehead atoms. The molecule has 0 amide bonds. The third-order valence-corrected chi connectivity index (χ3v) is 29.9. The van der Waals surface area contributed by atoms with Crippen molar-refractivity contribution >= 4 is 5.97 Å². The summed E-state index contributed by atoms with van der Waals surface area (Å²) < 4.78 is 20.7. The molecule has 11 aliphatic rings. The Labute approximate surface area is 478 Å². The zero-order valence-electron chi connectivity index (χ0n) is 51.3. The molecule has 8 saturated carbocycles. The molecule has 0 aromatic heterocycles. The van der Waals surface area contributed by atoms with E-state index >= 15 is 0 Å². The predicted octanol–water partition coefficient (Wildman–Crippen LogP) is 17.9. The van der Waals surface area contributed by atoms with Crippen LogP contribution in [0.4, 0.5) is 4.39 Å². The number of nitrogens with two attached hydrogens (primary N) is 2. The van der Waals surface area contributed by atoms with Gasteiger partial charge in [-0.25, -0.2) is 4.39 Å². The lowest BCUT2D eigenvalue weighted by molar-refractivity contribution is -0.223. The number of rotatable bonds is 10. The van der Waals surface area contributed by atoms with Crippen LogP contribution in [0.2, 0.25) is 0 Å². The Kier molecular flexibility index (Phi) is 13.4. The van der Waals surface area contributed by atoms with E-state index in [1.54, 1.807) is 0 Å². The summed E-state index contributed by atoms with van der Waals surface area (Å²) >= 11 is 0. The van der Waals surface area contributed by atoms with Gasteiger partial charge >= 0.3 is 5.97 Å². The van der Waals surface area contributed by atoms with Crippen LogP contribution in [-0.4, -0.2) is 28.8 Å². The molecule has 1 aromatic rings. The van der Waals surface area contributed by atoms with Gasteiger partial charge in [-0.2, -0.15) is 0 Å². The summed E-state index contributed by atoms with van der Waals surface area (Å²) in [5.74, 6) is 5.74. The molecule has 0 spiro atoms. The molecule has 6 heteroatoms. The highest BCUT2D eigenvalue weighted by molar-refractivity contribution is 5.78. The molecular weight excluding hydrogens is 972 g/mol. The molecule has 0 aliphatic heterocycles. The highest BCUT2D eigenvalue weighted by Crippen LogP contribution is 2.79. The number of halogens is 1. The van der Waals surface area contributed by atoms with Crippen LogP contribution in [-0.2, 0) is 16.1 Å². The third kappa shape index (κ3) is 7.77. The fourth-order valence-corrected chi connectivity index (χ4v) is 25.2. The van der Waals surface area contributed by atoms with Gasteiger partial charge in [0.1, 0.15) is 13.3 Å². The van der Waals surface area contributed by atoms with E-state index in [0.29, 0.717) is 84.2 Å². The number of aliphatic hydroxyl groups excluding tert-OH is 1. The maximum atomic E-state index is 15.0. The Hall–Kier alpha value is -2.96. The fourth-order valence-electron chi connectivity index (χ4n) is 25.2. The van der Waals surface area contributed by atoms with Crippen LogP contribution in [0.15, 0.2) is 89.8 Å². The minimum Gasteiger partial charge on any atom is -0.512 e. The van der Waals surface area contributed by atoms with E-state index in [-0.39, 0.29) is 61.0 Å². The van der Waals surface area contributed by atoms with Gasteiger partial charge in [-0.1, -0.05) is 129 Å². The summed E-state index contributed by atoms with van der Waals surface area (Å²) in [4.78, 5) is 13.5. The number of carbonyl (C=O) groups excluding carboxylic acids is 1. The second-order valence-corrected chi connectivity index (χ2v) is 32.8. The minimum absolute atomic E-state index is 0.0298. The zero-order chi connectivity index (χ0) is 56.4. The standard InChI is InChI=1S/C73H107FN2O3/c1-46(2)50-25-38-72(75)42-40-67(9)53(60(50)72)18-21-58-65(7)33-30-59(77)66(8,56(65)29-35-70(58,67)12)31-22-47(3)51-26-39-73(76)43-41-68(10)54(61(51)73)19-20-57-64(6)32-27-52(63(4,5)55(64)28-34-69(57,68)11)49-23-36-71(45-74,37-24-49)62(78)79-44-48-16-14-13-15-17-48/h13-17,23,27,30,50-51,53-58,60-61,77H,1,3,18-22,24-26,28-29,31-45,75-76H2,2,4-12H3/t50-,51-,53+,54+,55-,56+,57+,58+,60+,61+,64-,65-,66?,67+,68+,69+,70+,71+,72-,73-/m0/s1. The van der Waals surface area contributed by atoms with Gasteiger partial charge in [-0.3, -0.25) is 4.79 Å². The Bertz CT molecular complexity index is 2720. The van der Waals surface area contributed by atoms with Crippen LogP contribution in [0.25, 0.3) is 0 Å². The van der Waals surface area contributed by atoms with Crippen LogP contribution < -0.4 is 11.5 Å². The summed E-state index contributed by atoms with van der Waals surface area (Å²) in [6.07, 6.45) is 32.1. The number of benzene rings is 1.